The quantitative estimate of drug-likeness (QED) is 0.683. The van der Waals surface area contributed by atoms with Gasteiger partial charge in [0, 0.05) is 13.2 Å². The van der Waals surface area contributed by atoms with E-state index in [1.807, 2.05) is 0 Å². The van der Waals surface area contributed by atoms with Crippen LogP contribution in [0.3, 0.4) is 0 Å². The number of rotatable bonds is 3. The lowest BCUT2D eigenvalue weighted by Gasteiger charge is -2.21. The van der Waals surface area contributed by atoms with Crippen LogP contribution in [-0.4, -0.2) is 31.3 Å². The Balaban J connectivity index is 2.39. The zero-order valence-electron chi connectivity index (χ0n) is 7.23. The van der Waals surface area contributed by atoms with Gasteiger partial charge in [0.05, 0.1) is 0 Å². The predicted molar refractivity (Wildman–Crippen MR) is 42.6 cm³/mol. The summed E-state index contributed by atoms with van der Waals surface area (Å²) in [6.45, 7) is 1.92. The minimum Gasteiger partial charge on any atom is -0.365 e. The SMILES string of the molecule is CC1(C(=O)NCCF)CCCO1. The van der Waals surface area contributed by atoms with E-state index in [9.17, 15) is 9.18 Å². The molecule has 0 aromatic rings. The van der Waals surface area contributed by atoms with Gasteiger partial charge in [0.15, 0.2) is 0 Å². The van der Waals surface area contributed by atoms with Crippen molar-refractivity contribution in [1.29, 1.82) is 0 Å². The van der Waals surface area contributed by atoms with Gasteiger partial charge in [-0.3, -0.25) is 4.79 Å². The van der Waals surface area contributed by atoms with E-state index in [0.717, 1.165) is 12.8 Å². The molecule has 1 aliphatic rings. The Labute approximate surface area is 71.3 Å². The van der Waals surface area contributed by atoms with Crippen LogP contribution in [0.15, 0.2) is 0 Å². The maximum atomic E-state index is 11.7. The molecule has 3 nitrogen and oxygen atoms in total. The van der Waals surface area contributed by atoms with Crippen molar-refractivity contribution >= 4 is 5.91 Å². The molecular weight excluding hydrogens is 161 g/mol. The first-order valence-corrected chi connectivity index (χ1v) is 4.17. The average Bonchev–Trinajstić information content (AvgIpc) is 2.49. The van der Waals surface area contributed by atoms with Gasteiger partial charge in [-0.05, 0) is 19.8 Å². The topological polar surface area (TPSA) is 38.3 Å². The van der Waals surface area contributed by atoms with Crippen molar-refractivity contribution in [1.82, 2.24) is 5.32 Å². The van der Waals surface area contributed by atoms with Crippen molar-refractivity contribution in [2.45, 2.75) is 25.4 Å². The zero-order chi connectivity index (χ0) is 9.03. The standard InChI is InChI=1S/C8H14FNO2/c1-8(3-2-6-12-8)7(11)10-5-4-9/h2-6H2,1H3,(H,10,11). The summed E-state index contributed by atoms with van der Waals surface area (Å²) in [7, 11) is 0. The monoisotopic (exact) mass is 175 g/mol. The fraction of sp³-hybridized carbons (Fsp3) is 0.875. The highest BCUT2D eigenvalue weighted by molar-refractivity contribution is 5.84. The molecule has 0 bridgehead atoms. The van der Waals surface area contributed by atoms with Gasteiger partial charge in [0.2, 0.25) is 0 Å². The van der Waals surface area contributed by atoms with Gasteiger partial charge in [-0.1, -0.05) is 0 Å². The number of hydrogen-bond donors (Lipinski definition) is 1. The molecular formula is C8H14FNO2. The maximum Gasteiger partial charge on any atom is 0.252 e. The number of ether oxygens (including phenoxy) is 1. The Morgan fingerprint density at radius 3 is 3.00 bits per heavy atom. The second kappa shape index (κ2) is 3.85. The summed E-state index contributed by atoms with van der Waals surface area (Å²) in [5.41, 5.74) is -0.713. The van der Waals surface area contributed by atoms with Crippen LogP contribution in [0.5, 0.6) is 0 Å². The van der Waals surface area contributed by atoms with Crippen LogP contribution in [-0.2, 0) is 9.53 Å². The van der Waals surface area contributed by atoms with Crippen molar-refractivity contribution in [3.63, 3.8) is 0 Å². The summed E-state index contributed by atoms with van der Waals surface area (Å²) in [6, 6.07) is 0. The van der Waals surface area contributed by atoms with E-state index in [2.05, 4.69) is 5.32 Å². The van der Waals surface area contributed by atoms with Crippen LogP contribution in [0, 0.1) is 0 Å². The van der Waals surface area contributed by atoms with E-state index < -0.39 is 12.3 Å². The highest BCUT2D eigenvalue weighted by Gasteiger charge is 2.37. The van der Waals surface area contributed by atoms with Crippen LogP contribution >= 0.6 is 0 Å². The van der Waals surface area contributed by atoms with E-state index in [-0.39, 0.29) is 12.5 Å². The van der Waals surface area contributed by atoms with E-state index in [1.54, 1.807) is 6.92 Å². The first kappa shape index (κ1) is 9.45. The van der Waals surface area contributed by atoms with Crippen molar-refractivity contribution in [2.75, 3.05) is 19.8 Å². The third-order valence-electron chi connectivity index (χ3n) is 2.08. The molecule has 1 heterocycles. The number of carbonyl (C=O) groups excluding carboxylic acids is 1. The van der Waals surface area contributed by atoms with E-state index in [4.69, 9.17) is 4.74 Å². The normalized spacial score (nSPS) is 28.8. The summed E-state index contributed by atoms with van der Waals surface area (Å²) >= 11 is 0. The lowest BCUT2D eigenvalue weighted by molar-refractivity contribution is -0.139. The van der Waals surface area contributed by atoms with E-state index >= 15 is 0 Å². The highest BCUT2D eigenvalue weighted by atomic mass is 19.1. The second-order valence-electron chi connectivity index (χ2n) is 3.13. The predicted octanol–water partition coefficient (Wildman–Crippen LogP) is 0.641. The van der Waals surface area contributed by atoms with Crippen LogP contribution in [0.25, 0.3) is 0 Å². The average molecular weight is 175 g/mol. The molecule has 0 aliphatic carbocycles. The Hall–Kier alpha value is -0.640. The van der Waals surface area contributed by atoms with E-state index in [1.165, 1.54) is 0 Å². The van der Waals surface area contributed by atoms with Gasteiger partial charge in [0.25, 0.3) is 5.91 Å². The molecule has 1 atom stereocenters. The van der Waals surface area contributed by atoms with Crippen LogP contribution in [0.4, 0.5) is 4.39 Å². The van der Waals surface area contributed by atoms with Crippen molar-refractivity contribution < 1.29 is 13.9 Å². The zero-order valence-corrected chi connectivity index (χ0v) is 7.23. The molecule has 0 spiro atoms. The van der Waals surface area contributed by atoms with Crippen molar-refractivity contribution in [3.05, 3.63) is 0 Å². The molecule has 0 aromatic heterocycles. The van der Waals surface area contributed by atoms with Gasteiger partial charge in [-0.2, -0.15) is 0 Å². The first-order chi connectivity index (χ1) is 5.69. The summed E-state index contributed by atoms with van der Waals surface area (Å²) in [6.07, 6.45) is 1.63. The molecule has 1 rings (SSSR count). The number of nitrogens with one attached hydrogen (secondary N) is 1. The molecule has 0 saturated carbocycles. The van der Waals surface area contributed by atoms with Crippen molar-refractivity contribution in [3.8, 4) is 0 Å². The summed E-state index contributed by atoms with van der Waals surface area (Å²) in [4.78, 5) is 11.3. The molecule has 70 valence electrons. The van der Waals surface area contributed by atoms with Gasteiger partial charge in [0.1, 0.15) is 12.3 Å². The number of hydrogen-bond acceptors (Lipinski definition) is 2. The molecule has 1 fully saturated rings. The molecule has 1 aliphatic heterocycles. The van der Waals surface area contributed by atoms with Crippen LogP contribution in [0.2, 0.25) is 0 Å². The fourth-order valence-electron chi connectivity index (χ4n) is 1.31. The largest absolute Gasteiger partial charge is 0.365 e. The van der Waals surface area contributed by atoms with Crippen molar-refractivity contribution in [2.24, 2.45) is 0 Å². The highest BCUT2D eigenvalue weighted by Crippen LogP contribution is 2.24. The third-order valence-corrected chi connectivity index (χ3v) is 2.08. The number of carbonyl (C=O) groups is 1. The lowest BCUT2D eigenvalue weighted by atomic mass is 10.0. The number of halogens is 1. The minimum atomic E-state index is -0.713. The molecule has 0 aromatic carbocycles. The lowest BCUT2D eigenvalue weighted by Crippen LogP contribution is -2.44. The molecule has 1 saturated heterocycles. The van der Waals surface area contributed by atoms with Gasteiger partial charge in [-0.25, -0.2) is 4.39 Å². The Kier molecular flexibility index (Phi) is 3.03. The fourth-order valence-corrected chi connectivity index (χ4v) is 1.31. The molecule has 1 amide bonds. The van der Waals surface area contributed by atoms with Gasteiger partial charge in [-0.15, -0.1) is 0 Å². The molecule has 0 radical (unpaired) electrons. The number of alkyl halides is 1. The summed E-state index contributed by atoms with van der Waals surface area (Å²) in [5.74, 6) is -0.197. The Morgan fingerprint density at radius 2 is 2.50 bits per heavy atom. The molecule has 1 unspecified atom stereocenters. The molecule has 4 heteroatoms. The minimum absolute atomic E-state index is 0.0811. The van der Waals surface area contributed by atoms with Gasteiger partial charge >= 0.3 is 0 Å². The number of amides is 1. The summed E-state index contributed by atoms with van der Waals surface area (Å²) in [5, 5.41) is 2.48. The maximum absolute atomic E-state index is 11.7. The van der Waals surface area contributed by atoms with Crippen LogP contribution < -0.4 is 5.32 Å². The molecule has 1 N–H and O–H groups in total. The Morgan fingerprint density at radius 1 is 1.75 bits per heavy atom. The molecule has 12 heavy (non-hydrogen) atoms. The second-order valence-corrected chi connectivity index (χ2v) is 3.13. The van der Waals surface area contributed by atoms with Gasteiger partial charge < -0.3 is 10.1 Å². The smallest absolute Gasteiger partial charge is 0.252 e. The first-order valence-electron chi connectivity index (χ1n) is 4.17. The van der Waals surface area contributed by atoms with Crippen LogP contribution in [0.1, 0.15) is 19.8 Å². The Bertz CT molecular complexity index is 166. The van der Waals surface area contributed by atoms with E-state index in [0.29, 0.717) is 6.61 Å². The summed E-state index contributed by atoms with van der Waals surface area (Å²) < 4.78 is 17.0. The third kappa shape index (κ3) is 1.94.